The molecule has 9 heteroatoms. The predicted octanol–water partition coefficient (Wildman–Crippen LogP) is 0.863. The second-order valence-corrected chi connectivity index (χ2v) is 5.85. The number of hydrogen-bond donors (Lipinski definition) is 1. The number of amides is 1. The fourth-order valence-electron chi connectivity index (χ4n) is 2.65. The molecule has 1 fully saturated rings. The van der Waals surface area contributed by atoms with E-state index < -0.39 is 0 Å². The van der Waals surface area contributed by atoms with Gasteiger partial charge in [-0.3, -0.25) is 4.79 Å². The summed E-state index contributed by atoms with van der Waals surface area (Å²) in [5, 5.41) is 14.1. The molecule has 3 rings (SSSR count). The van der Waals surface area contributed by atoms with E-state index >= 15 is 0 Å². The minimum Gasteiger partial charge on any atom is -0.486 e. The molecule has 2 heterocycles. The number of tetrazole rings is 1. The summed E-state index contributed by atoms with van der Waals surface area (Å²) < 4.78 is 26.1. The van der Waals surface area contributed by atoms with Crippen LogP contribution < -0.4 is 10.1 Å². The molecule has 2 atom stereocenters. The number of ether oxygens (including phenoxy) is 2. The summed E-state index contributed by atoms with van der Waals surface area (Å²) in [4.78, 5) is 12.2. The molecule has 0 saturated carbocycles. The standard InChI is InChI=1S/C16H20FN5O3/c1-11-19-20-21-22(11)7-5-16(23)18-14-6-8-24-10-15(14)25-13-4-2-3-12(17)9-13/h2-4,9,14-15H,5-8,10H2,1H3,(H,18,23)/t14-,15-/m1/s1. The van der Waals surface area contributed by atoms with Crippen molar-refractivity contribution in [3.8, 4) is 5.75 Å². The van der Waals surface area contributed by atoms with E-state index in [9.17, 15) is 9.18 Å². The van der Waals surface area contributed by atoms with Gasteiger partial charge < -0.3 is 14.8 Å². The lowest BCUT2D eigenvalue weighted by atomic mass is 10.1. The molecular weight excluding hydrogens is 329 g/mol. The van der Waals surface area contributed by atoms with Crippen LogP contribution in [0.5, 0.6) is 5.75 Å². The summed E-state index contributed by atoms with van der Waals surface area (Å²) in [5.74, 6) is 0.589. The van der Waals surface area contributed by atoms with Gasteiger partial charge in [0, 0.05) is 19.1 Å². The van der Waals surface area contributed by atoms with Gasteiger partial charge in [0.2, 0.25) is 5.91 Å². The highest BCUT2D eigenvalue weighted by Gasteiger charge is 2.29. The monoisotopic (exact) mass is 349 g/mol. The molecule has 1 amide bonds. The number of hydrogen-bond acceptors (Lipinski definition) is 6. The molecule has 1 N–H and O–H groups in total. The Morgan fingerprint density at radius 2 is 2.40 bits per heavy atom. The molecule has 2 aromatic rings. The van der Waals surface area contributed by atoms with E-state index in [1.165, 1.54) is 12.1 Å². The van der Waals surface area contributed by atoms with Gasteiger partial charge in [0.15, 0.2) is 0 Å². The van der Waals surface area contributed by atoms with Crippen molar-refractivity contribution in [2.24, 2.45) is 0 Å². The van der Waals surface area contributed by atoms with Gasteiger partial charge in [-0.15, -0.1) is 5.10 Å². The van der Waals surface area contributed by atoms with E-state index in [2.05, 4.69) is 20.8 Å². The quantitative estimate of drug-likeness (QED) is 0.832. The lowest BCUT2D eigenvalue weighted by Crippen LogP contribution is -2.51. The van der Waals surface area contributed by atoms with Crippen LogP contribution in [0.2, 0.25) is 0 Å². The average molecular weight is 349 g/mol. The highest BCUT2D eigenvalue weighted by Crippen LogP contribution is 2.18. The average Bonchev–Trinajstić information content (AvgIpc) is 3.00. The third-order valence-electron chi connectivity index (χ3n) is 4.00. The molecule has 25 heavy (non-hydrogen) atoms. The van der Waals surface area contributed by atoms with Gasteiger partial charge in [0.25, 0.3) is 0 Å². The first-order valence-electron chi connectivity index (χ1n) is 8.14. The van der Waals surface area contributed by atoms with Crippen LogP contribution in [0.15, 0.2) is 24.3 Å². The maximum Gasteiger partial charge on any atom is 0.222 e. The second-order valence-electron chi connectivity index (χ2n) is 5.85. The third-order valence-corrected chi connectivity index (χ3v) is 4.00. The van der Waals surface area contributed by atoms with Gasteiger partial charge in [0.1, 0.15) is 23.5 Å². The second kappa shape index (κ2) is 8.02. The third kappa shape index (κ3) is 4.72. The summed E-state index contributed by atoms with van der Waals surface area (Å²) in [5.41, 5.74) is 0. The first kappa shape index (κ1) is 17.3. The Labute approximate surface area is 144 Å². The van der Waals surface area contributed by atoms with Crippen molar-refractivity contribution in [2.45, 2.75) is 38.5 Å². The molecule has 0 radical (unpaired) electrons. The van der Waals surface area contributed by atoms with Crippen molar-refractivity contribution in [1.82, 2.24) is 25.5 Å². The molecule has 134 valence electrons. The fraction of sp³-hybridized carbons (Fsp3) is 0.500. The lowest BCUT2D eigenvalue weighted by molar-refractivity contribution is -0.124. The van der Waals surface area contributed by atoms with Crippen LogP contribution in [0.3, 0.4) is 0 Å². The number of carbonyl (C=O) groups is 1. The number of nitrogens with zero attached hydrogens (tertiary/aromatic N) is 4. The van der Waals surface area contributed by atoms with Crippen LogP contribution in [0.1, 0.15) is 18.7 Å². The van der Waals surface area contributed by atoms with Gasteiger partial charge in [-0.25, -0.2) is 9.07 Å². The molecular formula is C16H20FN5O3. The smallest absolute Gasteiger partial charge is 0.222 e. The van der Waals surface area contributed by atoms with Crippen molar-refractivity contribution in [3.63, 3.8) is 0 Å². The van der Waals surface area contributed by atoms with Gasteiger partial charge in [0.05, 0.1) is 19.2 Å². The summed E-state index contributed by atoms with van der Waals surface area (Å²) in [6, 6.07) is 5.73. The van der Waals surface area contributed by atoms with Crippen LogP contribution in [-0.2, 0) is 16.1 Å². The summed E-state index contributed by atoms with van der Waals surface area (Å²) in [7, 11) is 0. The molecule has 0 unspecified atom stereocenters. The zero-order chi connectivity index (χ0) is 17.6. The summed E-state index contributed by atoms with van der Waals surface area (Å²) in [6.45, 7) is 3.07. The van der Waals surface area contributed by atoms with Crippen molar-refractivity contribution in [2.75, 3.05) is 13.2 Å². The Balaban J connectivity index is 1.55. The fourth-order valence-corrected chi connectivity index (χ4v) is 2.65. The zero-order valence-corrected chi connectivity index (χ0v) is 13.9. The van der Waals surface area contributed by atoms with E-state index in [1.54, 1.807) is 23.7 Å². The van der Waals surface area contributed by atoms with Crippen molar-refractivity contribution in [3.05, 3.63) is 35.9 Å². The van der Waals surface area contributed by atoms with E-state index in [4.69, 9.17) is 9.47 Å². The Morgan fingerprint density at radius 1 is 1.52 bits per heavy atom. The number of nitrogens with one attached hydrogen (secondary N) is 1. The minimum atomic E-state index is -0.369. The number of carbonyl (C=O) groups excluding carboxylic acids is 1. The number of benzene rings is 1. The molecule has 1 aromatic heterocycles. The number of rotatable bonds is 6. The van der Waals surface area contributed by atoms with Crippen LogP contribution in [0, 0.1) is 12.7 Å². The van der Waals surface area contributed by atoms with E-state index in [1.807, 2.05) is 0 Å². The molecule has 0 spiro atoms. The topological polar surface area (TPSA) is 91.2 Å². The Bertz CT molecular complexity index is 723. The van der Waals surface area contributed by atoms with Crippen LogP contribution in [-0.4, -0.2) is 51.5 Å². The van der Waals surface area contributed by atoms with Crippen LogP contribution in [0.25, 0.3) is 0 Å². The van der Waals surface area contributed by atoms with Crippen molar-refractivity contribution in [1.29, 1.82) is 0 Å². The molecule has 8 nitrogen and oxygen atoms in total. The van der Waals surface area contributed by atoms with Crippen LogP contribution in [0.4, 0.5) is 4.39 Å². The van der Waals surface area contributed by atoms with E-state index in [0.717, 1.165) is 0 Å². The van der Waals surface area contributed by atoms with Crippen LogP contribution >= 0.6 is 0 Å². The molecule has 0 bridgehead atoms. The van der Waals surface area contributed by atoms with Crippen molar-refractivity contribution >= 4 is 5.91 Å². The Kier molecular flexibility index (Phi) is 5.54. The zero-order valence-electron chi connectivity index (χ0n) is 13.9. The van der Waals surface area contributed by atoms with Gasteiger partial charge in [-0.1, -0.05) is 6.07 Å². The molecule has 1 aliphatic heterocycles. The summed E-state index contributed by atoms with van der Waals surface area (Å²) >= 11 is 0. The maximum absolute atomic E-state index is 13.3. The lowest BCUT2D eigenvalue weighted by Gasteiger charge is -2.32. The first-order valence-corrected chi connectivity index (χ1v) is 8.14. The number of aryl methyl sites for hydroxylation is 2. The molecule has 0 aliphatic carbocycles. The predicted molar refractivity (Wildman–Crippen MR) is 85.4 cm³/mol. The van der Waals surface area contributed by atoms with Gasteiger partial charge in [-0.05, 0) is 35.9 Å². The van der Waals surface area contributed by atoms with Gasteiger partial charge >= 0.3 is 0 Å². The number of halogens is 1. The Hall–Kier alpha value is -2.55. The van der Waals surface area contributed by atoms with E-state index in [-0.39, 0.29) is 30.3 Å². The Morgan fingerprint density at radius 3 is 3.16 bits per heavy atom. The van der Waals surface area contributed by atoms with Gasteiger partial charge in [-0.2, -0.15) is 0 Å². The SMILES string of the molecule is Cc1nnnn1CCC(=O)N[C@@H]1CCOC[C@H]1Oc1cccc(F)c1. The minimum absolute atomic E-state index is 0.116. The highest BCUT2D eigenvalue weighted by molar-refractivity contribution is 5.76. The largest absolute Gasteiger partial charge is 0.486 e. The van der Waals surface area contributed by atoms with E-state index in [0.29, 0.717) is 37.8 Å². The summed E-state index contributed by atoms with van der Waals surface area (Å²) in [6.07, 6.45) is 0.528. The normalized spacial score (nSPS) is 20.2. The highest BCUT2D eigenvalue weighted by atomic mass is 19.1. The first-order chi connectivity index (χ1) is 12.1. The maximum atomic E-state index is 13.3. The number of aromatic nitrogens is 4. The molecule has 1 aromatic carbocycles. The molecule has 1 saturated heterocycles. The van der Waals surface area contributed by atoms with Crippen molar-refractivity contribution < 1.29 is 18.7 Å². The molecule has 1 aliphatic rings.